The molecule has 254 valence electrons. The van der Waals surface area contributed by atoms with Crippen molar-refractivity contribution in [1.29, 1.82) is 0 Å². The minimum absolute atomic E-state index is 0.158. The molecule has 1 amide bonds. The number of carbonyl (C=O) groups is 1. The number of benzene rings is 1. The molecule has 46 heavy (non-hydrogen) atoms. The molecule has 0 bridgehead atoms. The fraction of sp³-hybridized carbons (Fsp3) is 0.714. The Bertz CT molecular complexity index is 1300. The molecule has 1 aromatic heterocycles. The van der Waals surface area contributed by atoms with Gasteiger partial charge >= 0.3 is 0 Å². The zero-order valence-electron chi connectivity index (χ0n) is 30.3. The van der Waals surface area contributed by atoms with Crippen molar-refractivity contribution in [2.75, 3.05) is 0 Å². The van der Waals surface area contributed by atoms with Gasteiger partial charge in [-0.25, -0.2) is 4.98 Å². The number of allylic oxidation sites excluding steroid dienone is 1. The molecule has 2 N–H and O–H groups in total. The van der Waals surface area contributed by atoms with Crippen LogP contribution in [0.3, 0.4) is 0 Å². The van der Waals surface area contributed by atoms with Gasteiger partial charge in [-0.05, 0) is 129 Å². The quantitative estimate of drug-likeness (QED) is 0.331. The van der Waals surface area contributed by atoms with Crippen LogP contribution < -0.4 is 5.32 Å². The zero-order valence-corrected chi connectivity index (χ0v) is 30.3. The summed E-state index contributed by atoms with van der Waals surface area (Å²) in [5, 5.41) is 3.38. The van der Waals surface area contributed by atoms with E-state index < -0.39 is 0 Å². The van der Waals surface area contributed by atoms with E-state index in [1.807, 2.05) is 31.3 Å². The first kappa shape index (κ1) is 35.0. The largest absolute Gasteiger partial charge is 0.348 e. The first-order valence-electron chi connectivity index (χ1n) is 19.0. The average Bonchev–Trinajstić information content (AvgIpc) is 3.71. The van der Waals surface area contributed by atoms with Crippen LogP contribution in [0.1, 0.15) is 131 Å². The minimum atomic E-state index is -0.158. The number of nitrogens with one attached hydrogen (secondary N) is 2. The molecule has 5 aliphatic rings. The first-order chi connectivity index (χ1) is 22.1. The summed E-state index contributed by atoms with van der Waals surface area (Å²) in [6.45, 7) is 20.5. The molecule has 0 radical (unpaired) electrons. The summed E-state index contributed by atoms with van der Waals surface area (Å²) in [6, 6.07) is 10.3. The van der Waals surface area contributed by atoms with Crippen LogP contribution >= 0.6 is 0 Å². The second-order valence-corrected chi connectivity index (χ2v) is 16.5. The highest BCUT2D eigenvalue weighted by Crippen LogP contribution is 2.72. The number of amides is 1. The summed E-state index contributed by atoms with van der Waals surface area (Å²) in [5.74, 6) is 6.80. The van der Waals surface area contributed by atoms with Crippen molar-refractivity contribution in [2.45, 2.75) is 132 Å². The highest BCUT2D eigenvalue weighted by molar-refractivity contribution is 5.83. The number of carbonyl (C=O) groups excluding carboxylic acids is 1. The molecule has 0 spiro atoms. The number of fused-ring (bicyclic) bond motifs is 7. The second kappa shape index (κ2) is 14.4. The van der Waals surface area contributed by atoms with E-state index in [1.165, 1.54) is 64.2 Å². The Kier molecular flexibility index (Phi) is 10.9. The number of hydrogen-bond acceptors (Lipinski definition) is 2. The van der Waals surface area contributed by atoms with Gasteiger partial charge in [-0.1, -0.05) is 90.8 Å². The number of aromatic nitrogens is 2. The third-order valence-corrected chi connectivity index (χ3v) is 14.1. The maximum atomic E-state index is 14.0. The SMILES string of the molecule is C=CC.CC1CCC2(C)C(CCC3(C)C4CCC5(C(=O)NCc6ncc(-c7ccccc7)[nH]6)CCC[C@@H]5C4CCC23)C1C.CCC. The molecule has 4 heteroatoms. The Morgan fingerprint density at radius 3 is 2.30 bits per heavy atom. The number of H-pyrrole nitrogens is 1. The summed E-state index contributed by atoms with van der Waals surface area (Å²) in [5.41, 5.74) is 2.96. The first-order valence-corrected chi connectivity index (χ1v) is 19.0. The van der Waals surface area contributed by atoms with E-state index in [0.29, 0.717) is 29.2 Å². The van der Waals surface area contributed by atoms with Gasteiger partial charge in [-0.2, -0.15) is 0 Å². The van der Waals surface area contributed by atoms with Crippen LogP contribution in [-0.2, 0) is 11.3 Å². The van der Waals surface area contributed by atoms with Gasteiger partial charge in [0.1, 0.15) is 5.82 Å². The summed E-state index contributed by atoms with van der Waals surface area (Å²) < 4.78 is 0. The molecule has 1 heterocycles. The van der Waals surface area contributed by atoms with Gasteiger partial charge in [0.2, 0.25) is 5.91 Å². The van der Waals surface area contributed by atoms with Gasteiger partial charge < -0.3 is 10.3 Å². The van der Waals surface area contributed by atoms with Gasteiger partial charge in [0.05, 0.1) is 23.9 Å². The highest BCUT2D eigenvalue weighted by Gasteiger charge is 2.65. The maximum absolute atomic E-state index is 14.0. The van der Waals surface area contributed by atoms with E-state index in [4.69, 9.17) is 0 Å². The van der Waals surface area contributed by atoms with E-state index in [-0.39, 0.29) is 5.41 Å². The predicted molar refractivity (Wildman–Crippen MR) is 193 cm³/mol. The Morgan fingerprint density at radius 2 is 1.59 bits per heavy atom. The maximum Gasteiger partial charge on any atom is 0.226 e. The molecule has 5 aliphatic carbocycles. The van der Waals surface area contributed by atoms with Gasteiger partial charge in [0.25, 0.3) is 0 Å². The zero-order chi connectivity index (χ0) is 33.1. The van der Waals surface area contributed by atoms with Crippen LogP contribution in [0.4, 0.5) is 0 Å². The standard InChI is InChI=1S/C36H51N3O.C3H8.C3H6/c1-23-14-18-34(3)27(24(23)2)15-19-35(4)28-16-20-36(17-8-11-29(36)26(28)12-13-31(34)35)33(40)38-22-32-37-21-30(39-32)25-9-6-5-7-10-25;2*1-3-2/h5-7,9-10,21,23-24,26-29,31H,8,11-20,22H2,1-4H3,(H,37,39)(H,38,40);3H2,1-2H3;3H,1H2,2H3/t23?,24?,26?,27?,28?,29-,31?,34?,35?,36?;;/m1../s1. The van der Waals surface area contributed by atoms with Crippen molar-refractivity contribution in [3.63, 3.8) is 0 Å². The summed E-state index contributed by atoms with van der Waals surface area (Å²) in [6.07, 6.45) is 19.3. The molecule has 0 saturated heterocycles. The molecular weight excluding hydrogens is 562 g/mol. The van der Waals surface area contributed by atoms with Crippen LogP contribution in [0, 0.1) is 57.7 Å². The van der Waals surface area contributed by atoms with Gasteiger partial charge in [0, 0.05) is 0 Å². The van der Waals surface area contributed by atoms with Crippen LogP contribution in [0.5, 0.6) is 0 Å². The molecule has 9 unspecified atom stereocenters. The third-order valence-electron chi connectivity index (χ3n) is 14.1. The molecule has 5 fully saturated rings. The lowest BCUT2D eigenvalue weighted by molar-refractivity contribution is -0.190. The Labute approximate surface area is 281 Å². The smallest absolute Gasteiger partial charge is 0.226 e. The number of aromatic amines is 1. The molecule has 7 rings (SSSR count). The van der Waals surface area contributed by atoms with Crippen molar-refractivity contribution in [3.8, 4) is 11.3 Å². The second-order valence-electron chi connectivity index (χ2n) is 16.5. The van der Waals surface area contributed by atoms with E-state index >= 15 is 0 Å². The van der Waals surface area contributed by atoms with E-state index in [9.17, 15) is 4.79 Å². The van der Waals surface area contributed by atoms with Crippen molar-refractivity contribution >= 4 is 5.91 Å². The fourth-order valence-corrected chi connectivity index (χ4v) is 12.0. The van der Waals surface area contributed by atoms with Gasteiger partial charge in [0.15, 0.2) is 0 Å². The van der Waals surface area contributed by atoms with Crippen LogP contribution in [-0.4, -0.2) is 15.9 Å². The average molecular weight is 628 g/mol. The normalized spacial score (nSPS) is 39.1. The number of imidazole rings is 1. The van der Waals surface area contributed by atoms with Crippen molar-refractivity contribution in [3.05, 3.63) is 55.0 Å². The Hall–Kier alpha value is -2.36. The molecule has 5 saturated carbocycles. The van der Waals surface area contributed by atoms with E-state index in [0.717, 1.165) is 65.4 Å². The summed E-state index contributed by atoms with van der Waals surface area (Å²) in [4.78, 5) is 22.1. The molecular formula is C42H65N3O. The molecule has 1 aromatic carbocycles. The van der Waals surface area contributed by atoms with E-state index in [1.54, 1.807) is 6.08 Å². The monoisotopic (exact) mass is 628 g/mol. The lowest BCUT2D eigenvalue weighted by Gasteiger charge is -2.67. The van der Waals surface area contributed by atoms with E-state index in [2.05, 4.69) is 75.5 Å². The van der Waals surface area contributed by atoms with Crippen molar-refractivity contribution in [1.82, 2.24) is 15.3 Å². The molecule has 0 aliphatic heterocycles. The Balaban J connectivity index is 0.000000647. The molecule has 4 nitrogen and oxygen atoms in total. The Morgan fingerprint density at radius 1 is 0.935 bits per heavy atom. The number of hydrogen-bond donors (Lipinski definition) is 2. The van der Waals surface area contributed by atoms with Crippen molar-refractivity contribution < 1.29 is 4.79 Å². The van der Waals surface area contributed by atoms with Crippen LogP contribution in [0.2, 0.25) is 0 Å². The topological polar surface area (TPSA) is 57.8 Å². The molecule has 10 atom stereocenters. The summed E-state index contributed by atoms with van der Waals surface area (Å²) >= 11 is 0. The summed E-state index contributed by atoms with van der Waals surface area (Å²) in [7, 11) is 0. The predicted octanol–water partition coefficient (Wildman–Crippen LogP) is 11.0. The van der Waals surface area contributed by atoms with Crippen molar-refractivity contribution in [2.24, 2.45) is 57.7 Å². The number of rotatable bonds is 4. The van der Waals surface area contributed by atoms with Gasteiger partial charge in [-0.15, -0.1) is 6.58 Å². The van der Waals surface area contributed by atoms with Crippen LogP contribution in [0.15, 0.2) is 49.2 Å². The minimum Gasteiger partial charge on any atom is -0.348 e. The molecule has 2 aromatic rings. The van der Waals surface area contributed by atoms with Gasteiger partial charge in [-0.3, -0.25) is 4.79 Å². The highest BCUT2D eigenvalue weighted by atomic mass is 16.2. The number of nitrogens with zero attached hydrogens (tertiary/aromatic N) is 1. The fourth-order valence-electron chi connectivity index (χ4n) is 12.0. The lowest BCUT2D eigenvalue weighted by atomic mass is 9.37. The lowest BCUT2D eigenvalue weighted by Crippen LogP contribution is -2.61. The van der Waals surface area contributed by atoms with Crippen LogP contribution in [0.25, 0.3) is 11.3 Å². The third kappa shape index (κ3) is 6.16.